The summed E-state index contributed by atoms with van der Waals surface area (Å²) in [6.07, 6.45) is 0. The van der Waals surface area contributed by atoms with Gasteiger partial charge in [-0.1, -0.05) is 25.4 Å². The summed E-state index contributed by atoms with van der Waals surface area (Å²) < 4.78 is 0. The third kappa shape index (κ3) is 5.39. The summed E-state index contributed by atoms with van der Waals surface area (Å²) >= 11 is 5.83. The Morgan fingerprint density at radius 2 is 2.00 bits per heavy atom. The molecule has 0 spiro atoms. The summed E-state index contributed by atoms with van der Waals surface area (Å²) in [6.45, 7) is 4.18. The van der Waals surface area contributed by atoms with E-state index in [1.165, 1.54) is 12.1 Å². The molecule has 2 N–H and O–H groups in total. The summed E-state index contributed by atoms with van der Waals surface area (Å²) in [5.41, 5.74) is -0.281. The molecule has 0 aliphatic carbocycles. The number of benzene rings is 1. The number of carbonyl (C=O) groups is 2. The van der Waals surface area contributed by atoms with Crippen LogP contribution in [-0.4, -0.2) is 29.8 Å². The van der Waals surface area contributed by atoms with Crippen LogP contribution < -0.4 is 10.6 Å². The highest BCUT2D eigenvalue weighted by Gasteiger charge is 2.16. The van der Waals surface area contributed by atoms with E-state index in [-0.39, 0.29) is 28.7 Å². The summed E-state index contributed by atoms with van der Waals surface area (Å²) in [5, 5.41) is 15.8. The first-order chi connectivity index (χ1) is 9.81. The van der Waals surface area contributed by atoms with Gasteiger partial charge in [0.15, 0.2) is 0 Å². The van der Waals surface area contributed by atoms with Gasteiger partial charge in [0.05, 0.1) is 22.1 Å². The molecule has 0 fully saturated rings. The van der Waals surface area contributed by atoms with Crippen molar-refractivity contribution in [2.45, 2.75) is 13.8 Å². The predicted octanol–water partition coefficient (Wildman–Crippen LogP) is 1.75. The van der Waals surface area contributed by atoms with Crippen molar-refractivity contribution < 1.29 is 14.5 Å². The van der Waals surface area contributed by atoms with E-state index in [1.807, 2.05) is 13.8 Å². The van der Waals surface area contributed by atoms with Gasteiger partial charge in [0.1, 0.15) is 0 Å². The number of nitrogens with one attached hydrogen (secondary N) is 2. The molecule has 1 aromatic rings. The molecule has 1 rings (SSSR count). The number of non-ortho nitro benzene ring substituents is 1. The molecule has 1 aromatic carbocycles. The Morgan fingerprint density at radius 1 is 1.33 bits per heavy atom. The first kappa shape index (κ1) is 16.9. The van der Waals surface area contributed by atoms with Crippen LogP contribution in [0.4, 0.5) is 5.69 Å². The van der Waals surface area contributed by atoms with Crippen LogP contribution in [0.25, 0.3) is 0 Å². The topological polar surface area (TPSA) is 101 Å². The number of hydrogen-bond donors (Lipinski definition) is 2. The van der Waals surface area contributed by atoms with E-state index in [9.17, 15) is 19.7 Å². The zero-order valence-corrected chi connectivity index (χ0v) is 12.4. The molecule has 0 bridgehead atoms. The number of carbonyl (C=O) groups excluding carboxylic acids is 2. The van der Waals surface area contributed by atoms with Crippen molar-refractivity contribution in [3.63, 3.8) is 0 Å². The average molecular weight is 314 g/mol. The molecule has 0 radical (unpaired) electrons. The molecule has 0 saturated carbocycles. The zero-order chi connectivity index (χ0) is 16.0. The van der Waals surface area contributed by atoms with Crippen molar-refractivity contribution >= 4 is 29.1 Å². The van der Waals surface area contributed by atoms with E-state index in [0.29, 0.717) is 12.5 Å². The lowest BCUT2D eigenvalue weighted by atomic mass is 10.2. The molecule has 0 saturated heterocycles. The standard InChI is InChI=1S/C13H16ClN3O4/c1-8(2)6-15-12(18)7-16-13(19)10-5-9(17(20)21)3-4-11(10)14/h3-5,8H,6-7H2,1-2H3,(H,15,18)(H,16,19). The Morgan fingerprint density at radius 3 is 2.57 bits per heavy atom. The number of hydrogen-bond acceptors (Lipinski definition) is 4. The molecule has 7 nitrogen and oxygen atoms in total. The van der Waals surface area contributed by atoms with Crippen LogP contribution in [0.5, 0.6) is 0 Å². The fraction of sp³-hybridized carbons (Fsp3) is 0.385. The van der Waals surface area contributed by atoms with Crippen molar-refractivity contribution in [1.82, 2.24) is 10.6 Å². The van der Waals surface area contributed by atoms with Gasteiger partial charge in [-0.15, -0.1) is 0 Å². The minimum Gasteiger partial charge on any atom is -0.354 e. The fourth-order valence-electron chi connectivity index (χ4n) is 1.44. The molecule has 2 amide bonds. The third-order valence-corrected chi connectivity index (χ3v) is 2.85. The molecule has 114 valence electrons. The van der Waals surface area contributed by atoms with Crippen LogP contribution in [0, 0.1) is 16.0 Å². The number of nitro groups is 1. The molecule has 0 atom stereocenters. The lowest BCUT2D eigenvalue weighted by molar-refractivity contribution is -0.384. The van der Waals surface area contributed by atoms with Gasteiger partial charge in [0.25, 0.3) is 11.6 Å². The van der Waals surface area contributed by atoms with Crippen LogP contribution in [0.3, 0.4) is 0 Å². The third-order valence-electron chi connectivity index (χ3n) is 2.52. The van der Waals surface area contributed by atoms with E-state index >= 15 is 0 Å². The van der Waals surface area contributed by atoms with Gasteiger partial charge < -0.3 is 10.6 Å². The zero-order valence-electron chi connectivity index (χ0n) is 11.7. The number of halogens is 1. The fourth-order valence-corrected chi connectivity index (χ4v) is 1.64. The van der Waals surface area contributed by atoms with Gasteiger partial charge in [-0.05, 0) is 12.0 Å². The smallest absolute Gasteiger partial charge is 0.270 e. The average Bonchev–Trinajstić information content (AvgIpc) is 2.42. The lowest BCUT2D eigenvalue weighted by Crippen LogP contribution is -2.38. The first-order valence-electron chi connectivity index (χ1n) is 6.30. The van der Waals surface area contributed by atoms with Crippen LogP contribution in [-0.2, 0) is 4.79 Å². The Kier molecular flexibility index (Phi) is 6.10. The second kappa shape index (κ2) is 7.58. The molecule has 0 aliphatic rings. The highest BCUT2D eigenvalue weighted by molar-refractivity contribution is 6.34. The van der Waals surface area contributed by atoms with Gasteiger partial charge in [-0.3, -0.25) is 19.7 Å². The summed E-state index contributed by atoms with van der Waals surface area (Å²) in [6, 6.07) is 3.55. The molecular weight excluding hydrogens is 298 g/mol. The maximum Gasteiger partial charge on any atom is 0.270 e. The highest BCUT2D eigenvalue weighted by Crippen LogP contribution is 2.21. The quantitative estimate of drug-likeness (QED) is 0.617. The SMILES string of the molecule is CC(C)CNC(=O)CNC(=O)c1cc([N+](=O)[O-])ccc1Cl. The van der Waals surface area contributed by atoms with Crippen LogP contribution in [0.2, 0.25) is 5.02 Å². The molecule has 0 unspecified atom stereocenters. The number of amides is 2. The van der Waals surface area contributed by atoms with Gasteiger partial charge in [-0.2, -0.15) is 0 Å². The number of nitro benzene ring substituents is 1. The highest BCUT2D eigenvalue weighted by atomic mass is 35.5. The van der Waals surface area contributed by atoms with E-state index in [0.717, 1.165) is 6.07 Å². The Bertz CT molecular complexity index is 560. The minimum absolute atomic E-state index is 0.0393. The van der Waals surface area contributed by atoms with Crippen molar-refractivity contribution in [3.8, 4) is 0 Å². The Balaban J connectivity index is 2.65. The molecule has 21 heavy (non-hydrogen) atoms. The summed E-state index contributed by atoms with van der Waals surface area (Å²) in [7, 11) is 0. The predicted molar refractivity (Wildman–Crippen MR) is 78.3 cm³/mol. The van der Waals surface area contributed by atoms with E-state index < -0.39 is 10.8 Å². The van der Waals surface area contributed by atoms with Crippen molar-refractivity contribution in [2.75, 3.05) is 13.1 Å². The number of nitrogens with zero attached hydrogens (tertiary/aromatic N) is 1. The maximum atomic E-state index is 11.9. The monoisotopic (exact) mass is 313 g/mol. The van der Waals surface area contributed by atoms with Gasteiger partial charge >= 0.3 is 0 Å². The summed E-state index contributed by atoms with van der Waals surface area (Å²) in [4.78, 5) is 33.4. The summed E-state index contributed by atoms with van der Waals surface area (Å²) in [5.74, 6) is -0.669. The van der Waals surface area contributed by atoms with Crippen molar-refractivity contribution in [3.05, 3.63) is 38.9 Å². The van der Waals surface area contributed by atoms with Gasteiger partial charge in [0.2, 0.25) is 5.91 Å². The van der Waals surface area contributed by atoms with Gasteiger partial charge in [-0.25, -0.2) is 0 Å². The molecule has 8 heteroatoms. The normalized spacial score (nSPS) is 10.3. The van der Waals surface area contributed by atoms with Crippen molar-refractivity contribution in [2.24, 2.45) is 5.92 Å². The van der Waals surface area contributed by atoms with E-state index in [1.54, 1.807) is 0 Å². The van der Waals surface area contributed by atoms with Crippen LogP contribution in [0.1, 0.15) is 24.2 Å². The molecule has 0 heterocycles. The second-order valence-corrected chi connectivity index (χ2v) is 5.21. The Hall–Kier alpha value is -2.15. The minimum atomic E-state index is -0.636. The molecular formula is C13H16ClN3O4. The first-order valence-corrected chi connectivity index (χ1v) is 6.68. The van der Waals surface area contributed by atoms with Crippen LogP contribution >= 0.6 is 11.6 Å². The maximum absolute atomic E-state index is 11.9. The van der Waals surface area contributed by atoms with E-state index in [2.05, 4.69) is 10.6 Å². The largest absolute Gasteiger partial charge is 0.354 e. The Labute approximate surface area is 126 Å². The van der Waals surface area contributed by atoms with Crippen LogP contribution in [0.15, 0.2) is 18.2 Å². The molecule has 0 aromatic heterocycles. The van der Waals surface area contributed by atoms with Gasteiger partial charge in [0, 0.05) is 18.7 Å². The second-order valence-electron chi connectivity index (χ2n) is 4.80. The number of rotatable bonds is 6. The van der Waals surface area contributed by atoms with E-state index in [4.69, 9.17) is 11.6 Å². The lowest BCUT2D eigenvalue weighted by Gasteiger charge is -2.09. The van der Waals surface area contributed by atoms with Crippen molar-refractivity contribution in [1.29, 1.82) is 0 Å². The molecule has 0 aliphatic heterocycles.